The molecular formula is C20H38O. The fraction of sp³-hybridized carbons (Fsp3) is 0.800. The summed E-state index contributed by atoms with van der Waals surface area (Å²) in [6.45, 7) is 8.89. The van der Waals surface area contributed by atoms with Crippen molar-refractivity contribution in [3.05, 3.63) is 23.7 Å². The van der Waals surface area contributed by atoms with E-state index in [1.54, 1.807) is 0 Å². The number of allylic oxidation sites excluding steroid dienone is 4. The predicted octanol–water partition coefficient (Wildman–Crippen LogP) is 7.53. The van der Waals surface area contributed by atoms with E-state index >= 15 is 0 Å². The minimum atomic E-state index is 1.00. The van der Waals surface area contributed by atoms with Crippen LogP contribution >= 0.6 is 0 Å². The smallest absolute Gasteiger partial charge is 0.0993 e. The van der Waals surface area contributed by atoms with Gasteiger partial charge >= 0.3 is 0 Å². The van der Waals surface area contributed by atoms with Crippen LogP contribution in [0.3, 0.4) is 0 Å². The maximum Gasteiger partial charge on any atom is 0.0993 e. The maximum atomic E-state index is 6.08. The van der Waals surface area contributed by atoms with Crippen LogP contribution in [0.1, 0.15) is 105 Å². The molecule has 0 fully saturated rings. The van der Waals surface area contributed by atoms with E-state index in [0.29, 0.717) is 0 Å². The van der Waals surface area contributed by atoms with Crippen LogP contribution in [0.5, 0.6) is 0 Å². The Labute approximate surface area is 133 Å². The normalized spacial score (nSPS) is 12.8. The van der Waals surface area contributed by atoms with Crippen LogP contribution in [-0.2, 0) is 4.74 Å². The molecular weight excluding hydrogens is 256 g/mol. The Morgan fingerprint density at radius 2 is 1.05 bits per heavy atom. The number of hydrogen-bond donors (Lipinski definition) is 0. The van der Waals surface area contributed by atoms with Gasteiger partial charge in [-0.2, -0.15) is 0 Å². The van der Waals surface area contributed by atoms with Crippen molar-refractivity contribution in [2.75, 3.05) is 0 Å². The quantitative estimate of drug-likeness (QED) is 0.237. The highest BCUT2D eigenvalue weighted by Crippen LogP contribution is 2.16. The lowest BCUT2D eigenvalue weighted by molar-refractivity contribution is 0.279. The van der Waals surface area contributed by atoms with Crippen molar-refractivity contribution in [3.63, 3.8) is 0 Å². The first-order valence-electron chi connectivity index (χ1n) is 9.34. The topological polar surface area (TPSA) is 9.23 Å². The lowest BCUT2D eigenvalue weighted by Gasteiger charge is -2.11. The third kappa shape index (κ3) is 12.7. The van der Waals surface area contributed by atoms with Crippen molar-refractivity contribution in [2.24, 2.45) is 0 Å². The van der Waals surface area contributed by atoms with E-state index in [4.69, 9.17) is 4.74 Å². The zero-order valence-corrected chi connectivity index (χ0v) is 15.0. The van der Waals surface area contributed by atoms with E-state index in [-0.39, 0.29) is 0 Å². The molecule has 0 unspecified atom stereocenters. The van der Waals surface area contributed by atoms with Crippen LogP contribution < -0.4 is 0 Å². The van der Waals surface area contributed by atoms with Gasteiger partial charge in [-0.3, -0.25) is 0 Å². The molecule has 0 aliphatic rings. The zero-order chi connectivity index (χ0) is 15.8. The predicted molar refractivity (Wildman–Crippen MR) is 95.4 cm³/mol. The second-order valence-corrected chi connectivity index (χ2v) is 5.85. The molecule has 1 heteroatoms. The van der Waals surface area contributed by atoms with Gasteiger partial charge in [0, 0.05) is 12.8 Å². The summed E-state index contributed by atoms with van der Waals surface area (Å²) in [6, 6.07) is 0. The molecule has 0 rings (SSSR count). The van der Waals surface area contributed by atoms with Crippen LogP contribution in [0, 0.1) is 0 Å². The van der Waals surface area contributed by atoms with Gasteiger partial charge < -0.3 is 4.74 Å². The molecule has 0 aliphatic heterocycles. The second-order valence-electron chi connectivity index (χ2n) is 5.85. The molecule has 0 spiro atoms. The maximum absolute atomic E-state index is 6.08. The number of rotatable bonds is 14. The van der Waals surface area contributed by atoms with E-state index in [9.17, 15) is 0 Å². The highest BCUT2D eigenvalue weighted by molar-refractivity contribution is 5.01. The van der Waals surface area contributed by atoms with Crippen molar-refractivity contribution in [2.45, 2.75) is 105 Å². The molecule has 0 saturated carbocycles. The van der Waals surface area contributed by atoms with Gasteiger partial charge in [-0.05, 0) is 37.8 Å². The monoisotopic (exact) mass is 294 g/mol. The lowest BCUT2D eigenvalue weighted by atomic mass is 10.1. The highest BCUT2D eigenvalue weighted by Gasteiger charge is 2.00. The van der Waals surface area contributed by atoms with Crippen molar-refractivity contribution in [1.82, 2.24) is 0 Å². The number of ether oxygens (including phenoxy) is 1. The summed E-state index contributed by atoms with van der Waals surface area (Å²) in [4.78, 5) is 0. The minimum absolute atomic E-state index is 1.00. The van der Waals surface area contributed by atoms with Gasteiger partial charge in [0.05, 0.1) is 11.5 Å². The highest BCUT2D eigenvalue weighted by atomic mass is 16.5. The first-order chi connectivity index (χ1) is 10.3. The third-order valence-corrected chi connectivity index (χ3v) is 3.82. The molecule has 0 radical (unpaired) electrons. The van der Waals surface area contributed by atoms with E-state index in [1.165, 1.54) is 51.4 Å². The average molecular weight is 295 g/mol. The number of hydrogen-bond acceptors (Lipinski definition) is 1. The van der Waals surface area contributed by atoms with E-state index in [2.05, 4.69) is 39.8 Å². The molecule has 21 heavy (non-hydrogen) atoms. The minimum Gasteiger partial charge on any atom is -0.467 e. The summed E-state index contributed by atoms with van der Waals surface area (Å²) in [5.74, 6) is 2.32. The SMILES string of the molecule is CCCCCC/C=C(\CC)O/C(=C/CCCCCC)CC. The van der Waals surface area contributed by atoms with Crippen LogP contribution in [0.4, 0.5) is 0 Å². The van der Waals surface area contributed by atoms with E-state index in [0.717, 1.165) is 37.2 Å². The summed E-state index contributed by atoms with van der Waals surface area (Å²) in [5, 5.41) is 0. The number of unbranched alkanes of at least 4 members (excludes halogenated alkanes) is 8. The summed E-state index contributed by atoms with van der Waals surface area (Å²) < 4.78 is 6.08. The third-order valence-electron chi connectivity index (χ3n) is 3.82. The Bertz CT molecular complexity index is 248. The Balaban J connectivity index is 4.08. The van der Waals surface area contributed by atoms with Gasteiger partial charge in [-0.15, -0.1) is 0 Å². The van der Waals surface area contributed by atoms with Crippen molar-refractivity contribution >= 4 is 0 Å². The average Bonchev–Trinajstić information content (AvgIpc) is 2.51. The molecule has 0 aromatic carbocycles. The Kier molecular flexibility index (Phi) is 15.1. The van der Waals surface area contributed by atoms with Crippen LogP contribution in [0.2, 0.25) is 0 Å². The Morgan fingerprint density at radius 1 is 0.619 bits per heavy atom. The molecule has 0 amide bonds. The standard InChI is InChI=1S/C20H38O/c1-5-9-11-13-15-17-19(7-3)21-20(8-4)18-16-14-12-10-6-2/h17-18H,5-16H2,1-4H3/b19-17+,20-18+. The molecule has 0 N–H and O–H groups in total. The Hall–Kier alpha value is -0.720. The van der Waals surface area contributed by atoms with Gasteiger partial charge in [0.15, 0.2) is 0 Å². The summed E-state index contributed by atoms with van der Waals surface area (Å²) in [5.41, 5.74) is 0. The lowest BCUT2D eigenvalue weighted by Crippen LogP contribution is -1.93. The largest absolute Gasteiger partial charge is 0.467 e. The zero-order valence-electron chi connectivity index (χ0n) is 15.0. The van der Waals surface area contributed by atoms with E-state index in [1.807, 2.05) is 0 Å². The molecule has 0 aliphatic carbocycles. The van der Waals surface area contributed by atoms with Gasteiger partial charge in [0.1, 0.15) is 0 Å². The molecule has 0 aromatic heterocycles. The van der Waals surface area contributed by atoms with Crippen molar-refractivity contribution < 1.29 is 4.74 Å². The molecule has 1 nitrogen and oxygen atoms in total. The molecule has 0 aromatic rings. The first kappa shape index (κ1) is 20.3. The summed E-state index contributed by atoms with van der Waals surface area (Å²) >= 11 is 0. The van der Waals surface area contributed by atoms with Crippen molar-refractivity contribution in [3.8, 4) is 0 Å². The van der Waals surface area contributed by atoms with Crippen molar-refractivity contribution in [1.29, 1.82) is 0 Å². The van der Waals surface area contributed by atoms with Gasteiger partial charge in [0.25, 0.3) is 0 Å². The fourth-order valence-electron chi connectivity index (χ4n) is 2.35. The van der Waals surface area contributed by atoms with Crippen LogP contribution in [-0.4, -0.2) is 0 Å². The molecule has 0 bridgehead atoms. The molecule has 124 valence electrons. The van der Waals surface area contributed by atoms with Gasteiger partial charge in [-0.1, -0.05) is 66.2 Å². The van der Waals surface area contributed by atoms with Gasteiger partial charge in [0.2, 0.25) is 0 Å². The van der Waals surface area contributed by atoms with Crippen LogP contribution in [0.25, 0.3) is 0 Å². The molecule has 0 heterocycles. The fourth-order valence-corrected chi connectivity index (χ4v) is 2.35. The van der Waals surface area contributed by atoms with Gasteiger partial charge in [-0.25, -0.2) is 0 Å². The Morgan fingerprint density at radius 3 is 1.38 bits per heavy atom. The second kappa shape index (κ2) is 15.7. The first-order valence-corrected chi connectivity index (χ1v) is 9.34. The summed E-state index contributed by atoms with van der Waals surface area (Å²) in [7, 11) is 0. The summed E-state index contributed by atoms with van der Waals surface area (Å²) in [6.07, 6.45) is 19.5. The van der Waals surface area contributed by atoms with Crippen LogP contribution in [0.15, 0.2) is 23.7 Å². The molecule has 0 saturated heterocycles. The molecule has 0 atom stereocenters. The van der Waals surface area contributed by atoms with E-state index < -0.39 is 0 Å².